The molecule has 1 aliphatic carbocycles. The van der Waals surface area contributed by atoms with E-state index in [2.05, 4.69) is 231 Å². The first-order valence-corrected chi connectivity index (χ1v) is 20.3. The van der Waals surface area contributed by atoms with E-state index in [9.17, 15) is 0 Å². The largest absolute Gasteiger partial charge is 0.310 e. The zero-order valence-corrected chi connectivity index (χ0v) is 32.7. The van der Waals surface area contributed by atoms with Crippen molar-refractivity contribution in [1.29, 1.82) is 0 Å². The van der Waals surface area contributed by atoms with Crippen LogP contribution in [-0.4, -0.2) is 0 Å². The van der Waals surface area contributed by atoms with Crippen molar-refractivity contribution in [1.82, 2.24) is 0 Å². The number of hydrogen-bond acceptors (Lipinski definition) is 1. The number of anilines is 3. The molecule has 0 unspecified atom stereocenters. The van der Waals surface area contributed by atoms with E-state index >= 15 is 0 Å². The Labute approximate surface area is 339 Å². The van der Waals surface area contributed by atoms with Gasteiger partial charge >= 0.3 is 0 Å². The Balaban J connectivity index is 1.01. The van der Waals surface area contributed by atoms with Crippen LogP contribution in [0.25, 0.3) is 77.5 Å². The molecule has 274 valence electrons. The van der Waals surface area contributed by atoms with Gasteiger partial charge in [0.2, 0.25) is 0 Å². The molecule has 0 spiro atoms. The van der Waals surface area contributed by atoms with E-state index in [1.165, 1.54) is 82.0 Å². The highest BCUT2D eigenvalue weighted by atomic mass is 15.1. The van der Waals surface area contributed by atoms with E-state index in [0.717, 1.165) is 22.6 Å². The van der Waals surface area contributed by atoms with Gasteiger partial charge in [0, 0.05) is 22.5 Å². The van der Waals surface area contributed by atoms with Crippen LogP contribution < -0.4 is 4.90 Å². The van der Waals surface area contributed by atoms with E-state index in [-0.39, 0.29) is 5.41 Å². The second-order valence-corrected chi connectivity index (χ2v) is 16.1. The van der Waals surface area contributed by atoms with Crippen LogP contribution in [0.3, 0.4) is 0 Å². The summed E-state index contributed by atoms with van der Waals surface area (Å²) in [5, 5.41) is 10.0. The van der Waals surface area contributed by atoms with Crippen LogP contribution >= 0.6 is 0 Å². The summed E-state index contributed by atoms with van der Waals surface area (Å²) in [7, 11) is 0. The zero-order valence-electron chi connectivity index (χ0n) is 32.7. The molecule has 1 nitrogen and oxygen atoms in total. The SMILES string of the molecule is CC1(C)c2ccccc2-c2ccc(N(c3ccc(C=Cc4c5ccccc5c(-c5cccc6ccccc56)c5ccccc45)cc3)c3ccc4ccccc4c3)cc21. The Morgan fingerprint density at radius 1 is 0.362 bits per heavy atom. The van der Waals surface area contributed by atoms with Gasteiger partial charge in [-0.05, 0) is 124 Å². The molecule has 0 bridgehead atoms. The van der Waals surface area contributed by atoms with Gasteiger partial charge in [-0.25, -0.2) is 0 Å². The third kappa shape index (κ3) is 5.46. The number of benzene rings is 10. The van der Waals surface area contributed by atoms with Gasteiger partial charge in [0.05, 0.1) is 0 Å². The summed E-state index contributed by atoms with van der Waals surface area (Å²) in [6.07, 6.45) is 4.58. The first-order valence-electron chi connectivity index (χ1n) is 20.3. The summed E-state index contributed by atoms with van der Waals surface area (Å²) in [5.74, 6) is 0. The average Bonchev–Trinajstić information content (AvgIpc) is 3.50. The third-order valence-electron chi connectivity index (χ3n) is 12.4. The van der Waals surface area contributed by atoms with Crippen molar-refractivity contribution in [2.75, 3.05) is 4.90 Å². The lowest BCUT2D eigenvalue weighted by molar-refractivity contribution is 0.660. The molecule has 10 aromatic carbocycles. The van der Waals surface area contributed by atoms with Crippen LogP contribution in [0.15, 0.2) is 200 Å². The van der Waals surface area contributed by atoms with Crippen molar-refractivity contribution in [3.63, 3.8) is 0 Å². The zero-order chi connectivity index (χ0) is 38.8. The van der Waals surface area contributed by atoms with E-state index in [4.69, 9.17) is 0 Å². The van der Waals surface area contributed by atoms with Crippen molar-refractivity contribution in [2.24, 2.45) is 0 Å². The fourth-order valence-electron chi connectivity index (χ4n) is 9.58. The van der Waals surface area contributed by atoms with Crippen molar-refractivity contribution >= 4 is 72.3 Å². The Bertz CT molecular complexity index is 3190. The molecule has 1 heteroatoms. The van der Waals surface area contributed by atoms with Crippen LogP contribution in [-0.2, 0) is 5.41 Å². The third-order valence-corrected chi connectivity index (χ3v) is 12.4. The summed E-state index contributed by atoms with van der Waals surface area (Å²) in [6.45, 7) is 4.71. The van der Waals surface area contributed by atoms with Gasteiger partial charge in [-0.2, -0.15) is 0 Å². The van der Waals surface area contributed by atoms with Crippen LogP contribution in [0.5, 0.6) is 0 Å². The molecule has 0 atom stereocenters. The fraction of sp³-hybridized carbons (Fsp3) is 0.0526. The molecule has 10 aromatic rings. The predicted octanol–water partition coefficient (Wildman–Crippen LogP) is 15.9. The number of nitrogens with zero attached hydrogens (tertiary/aromatic N) is 1. The molecule has 1 aliphatic rings. The van der Waals surface area contributed by atoms with E-state index < -0.39 is 0 Å². The molecule has 0 fully saturated rings. The number of fused-ring (bicyclic) bond motifs is 7. The van der Waals surface area contributed by atoms with Crippen molar-refractivity contribution in [3.8, 4) is 22.3 Å². The standard InChI is InChI=1S/C57H41N/c1-57(2)54-25-12-11-21-49(54)50-35-33-44(37-55(50)57)58(43-32-29-39-14-3-4-16-41(39)36-43)42-30-26-38(27-31-42)28-34-48-46-19-7-9-22-52(46)56(53-23-10-8-20-47(48)53)51-24-13-17-40-15-5-6-18-45(40)51/h3-37H,1-2H3. The highest BCUT2D eigenvalue weighted by molar-refractivity contribution is 6.20. The molecule has 0 radical (unpaired) electrons. The summed E-state index contributed by atoms with van der Waals surface area (Å²) in [6, 6.07) is 73.5. The number of hydrogen-bond donors (Lipinski definition) is 0. The second-order valence-electron chi connectivity index (χ2n) is 16.1. The Kier molecular flexibility index (Phi) is 7.91. The molecular formula is C57H41N. The molecule has 0 aromatic heterocycles. The first-order chi connectivity index (χ1) is 28.5. The van der Waals surface area contributed by atoms with Gasteiger partial charge in [0.1, 0.15) is 0 Å². The highest BCUT2D eigenvalue weighted by Gasteiger charge is 2.35. The Hall–Kier alpha value is -7.22. The molecule has 0 N–H and O–H groups in total. The van der Waals surface area contributed by atoms with E-state index in [0.29, 0.717) is 0 Å². The van der Waals surface area contributed by atoms with Gasteiger partial charge in [-0.15, -0.1) is 0 Å². The molecule has 0 amide bonds. The lowest BCUT2D eigenvalue weighted by Gasteiger charge is -2.28. The second kappa shape index (κ2) is 13.5. The maximum absolute atomic E-state index is 2.41. The minimum atomic E-state index is -0.0902. The van der Waals surface area contributed by atoms with Crippen molar-refractivity contribution < 1.29 is 0 Å². The normalized spacial score (nSPS) is 13.1. The fourth-order valence-corrected chi connectivity index (χ4v) is 9.58. The van der Waals surface area contributed by atoms with Gasteiger partial charge in [0.15, 0.2) is 0 Å². The average molecular weight is 740 g/mol. The maximum atomic E-state index is 2.41. The summed E-state index contributed by atoms with van der Waals surface area (Å²) in [4.78, 5) is 2.41. The lowest BCUT2D eigenvalue weighted by Crippen LogP contribution is -2.16. The van der Waals surface area contributed by atoms with Crippen LogP contribution in [0.2, 0.25) is 0 Å². The monoisotopic (exact) mass is 739 g/mol. The molecule has 58 heavy (non-hydrogen) atoms. The Morgan fingerprint density at radius 2 is 0.897 bits per heavy atom. The molecule has 0 saturated heterocycles. The highest BCUT2D eigenvalue weighted by Crippen LogP contribution is 2.51. The van der Waals surface area contributed by atoms with Gasteiger partial charge < -0.3 is 4.90 Å². The van der Waals surface area contributed by atoms with Crippen LogP contribution in [0.1, 0.15) is 36.1 Å². The minimum Gasteiger partial charge on any atom is -0.310 e. The quantitative estimate of drug-likeness (QED) is 0.121. The summed E-state index contributed by atoms with van der Waals surface area (Å²) < 4.78 is 0. The molecule has 0 heterocycles. The molecule has 11 rings (SSSR count). The molecular weight excluding hydrogens is 699 g/mol. The van der Waals surface area contributed by atoms with Gasteiger partial charge in [-0.3, -0.25) is 0 Å². The van der Waals surface area contributed by atoms with E-state index in [1.807, 2.05) is 0 Å². The van der Waals surface area contributed by atoms with Crippen LogP contribution in [0.4, 0.5) is 17.1 Å². The smallest absolute Gasteiger partial charge is 0.0468 e. The number of rotatable bonds is 6. The van der Waals surface area contributed by atoms with Crippen molar-refractivity contribution in [3.05, 3.63) is 222 Å². The van der Waals surface area contributed by atoms with Crippen LogP contribution in [0, 0.1) is 0 Å². The Morgan fingerprint density at radius 3 is 1.66 bits per heavy atom. The maximum Gasteiger partial charge on any atom is 0.0468 e. The minimum absolute atomic E-state index is 0.0902. The lowest BCUT2D eigenvalue weighted by atomic mass is 9.82. The van der Waals surface area contributed by atoms with Crippen molar-refractivity contribution in [2.45, 2.75) is 19.3 Å². The van der Waals surface area contributed by atoms with E-state index in [1.54, 1.807) is 0 Å². The summed E-state index contributed by atoms with van der Waals surface area (Å²) in [5.41, 5.74) is 13.7. The van der Waals surface area contributed by atoms with Gasteiger partial charge in [-0.1, -0.05) is 190 Å². The first kappa shape index (κ1) is 34.1. The molecule has 0 aliphatic heterocycles. The van der Waals surface area contributed by atoms with Gasteiger partial charge in [0.25, 0.3) is 0 Å². The molecule has 0 saturated carbocycles. The summed E-state index contributed by atoms with van der Waals surface area (Å²) >= 11 is 0. The predicted molar refractivity (Wildman–Crippen MR) is 250 cm³/mol. The topological polar surface area (TPSA) is 3.24 Å².